The molecule has 3 nitrogen and oxygen atoms in total. The molecule has 1 aliphatic heterocycles. The van der Waals surface area contributed by atoms with Gasteiger partial charge >= 0.3 is 0 Å². The van der Waals surface area contributed by atoms with E-state index in [4.69, 9.17) is 4.98 Å². The standard InChI is InChI=1S/C27H30N2O/c1-3-27(30,21-13-8-5-9-14-21)24-16-10-15-22-17-23-25(20-11-6-4-7-12-20)28-19-29(23)18-26(22,24)2/h4-9,11-14,17,19,24,30H,3,10,15-16,18H2,1-2H3/t24-,26-,27+/m0/s1. The van der Waals surface area contributed by atoms with Gasteiger partial charge in [-0.3, -0.25) is 0 Å². The van der Waals surface area contributed by atoms with Gasteiger partial charge in [0.1, 0.15) is 0 Å². The molecule has 0 unspecified atom stereocenters. The van der Waals surface area contributed by atoms with Crippen LogP contribution in [0.15, 0.2) is 72.6 Å². The third-order valence-electron chi connectivity index (χ3n) is 7.57. The third-order valence-corrected chi connectivity index (χ3v) is 7.57. The molecule has 5 rings (SSSR count). The second kappa shape index (κ2) is 7.24. The van der Waals surface area contributed by atoms with Crippen molar-refractivity contribution in [2.45, 2.75) is 51.7 Å². The van der Waals surface area contributed by atoms with Gasteiger partial charge in [0.15, 0.2) is 0 Å². The molecule has 2 heterocycles. The maximum atomic E-state index is 12.0. The molecule has 0 radical (unpaired) electrons. The molecule has 3 aromatic rings. The molecule has 154 valence electrons. The van der Waals surface area contributed by atoms with Crippen LogP contribution in [0.3, 0.4) is 0 Å². The lowest BCUT2D eigenvalue weighted by atomic mass is 9.56. The lowest BCUT2D eigenvalue weighted by Crippen LogP contribution is -2.50. The molecule has 30 heavy (non-hydrogen) atoms. The Kier molecular flexibility index (Phi) is 4.67. The van der Waals surface area contributed by atoms with E-state index in [1.807, 2.05) is 30.6 Å². The molecule has 0 saturated heterocycles. The molecule has 1 fully saturated rings. The lowest BCUT2D eigenvalue weighted by Gasteiger charge is -2.52. The number of allylic oxidation sites excluding steroid dienone is 1. The van der Waals surface area contributed by atoms with E-state index in [1.54, 1.807) is 0 Å². The molecule has 3 atom stereocenters. The van der Waals surface area contributed by atoms with Crippen LogP contribution in [0.1, 0.15) is 50.8 Å². The average Bonchev–Trinajstić information content (AvgIpc) is 3.19. The van der Waals surface area contributed by atoms with E-state index >= 15 is 0 Å². The highest BCUT2D eigenvalue weighted by Gasteiger charge is 2.52. The molecule has 3 heteroatoms. The molecule has 2 aliphatic rings. The fraction of sp³-hybridized carbons (Fsp3) is 0.370. The molecule has 2 aromatic carbocycles. The minimum absolute atomic E-state index is 0.0828. The van der Waals surface area contributed by atoms with Crippen molar-refractivity contribution in [1.29, 1.82) is 0 Å². The second-order valence-electron chi connectivity index (χ2n) is 9.15. The van der Waals surface area contributed by atoms with Crippen LogP contribution in [0.2, 0.25) is 0 Å². The van der Waals surface area contributed by atoms with Crippen LogP contribution in [-0.4, -0.2) is 14.7 Å². The monoisotopic (exact) mass is 398 g/mol. The predicted molar refractivity (Wildman–Crippen MR) is 122 cm³/mol. The fourth-order valence-corrected chi connectivity index (χ4v) is 5.92. The van der Waals surface area contributed by atoms with Gasteiger partial charge < -0.3 is 9.67 Å². The normalized spacial score (nSPS) is 25.0. The Bertz CT molecular complexity index is 1070. The summed E-state index contributed by atoms with van der Waals surface area (Å²) in [6.07, 6.45) is 8.33. The molecule has 0 amide bonds. The molecule has 1 aromatic heterocycles. The van der Waals surface area contributed by atoms with Crippen molar-refractivity contribution >= 4 is 6.08 Å². The van der Waals surface area contributed by atoms with Gasteiger partial charge in [0, 0.05) is 23.4 Å². The summed E-state index contributed by atoms with van der Waals surface area (Å²) in [5, 5.41) is 12.0. The number of hydrogen-bond donors (Lipinski definition) is 1. The van der Waals surface area contributed by atoms with Crippen molar-refractivity contribution in [2.24, 2.45) is 11.3 Å². The molecule has 1 N–H and O–H groups in total. The maximum Gasteiger partial charge on any atom is 0.0958 e. The minimum Gasteiger partial charge on any atom is -0.385 e. The van der Waals surface area contributed by atoms with Gasteiger partial charge in [-0.05, 0) is 37.3 Å². The summed E-state index contributed by atoms with van der Waals surface area (Å²) in [7, 11) is 0. The number of nitrogens with zero attached hydrogens (tertiary/aromatic N) is 2. The first-order chi connectivity index (χ1) is 14.6. The van der Waals surface area contributed by atoms with Crippen molar-refractivity contribution in [3.8, 4) is 11.3 Å². The zero-order valence-electron chi connectivity index (χ0n) is 17.9. The van der Waals surface area contributed by atoms with Crippen LogP contribution in [0.25, 0.3) is 17.3 Å². The van der Waals surface area contributed by atoms with Crippen LogP contribution in [0.4, 0.5) is 0 Å². The van der Waals surface area contributed by atoms with E-state index in [-0.39, 0.29) is 11.3 Å². The Morgan fingerprint density at radius 3 is 2.50 bits per heavy atom. The molecule has 1 saturated carbocycles. The summed E-state index contributed by atoms with van der Waals surface area (Å²) in [6, 6.07) is 20.7. The summed E-state index contributed by atoms with van der Waals surface area (Å²) < 4.78 is 2.30. The summed E-state index contributed by atoms with van der Waals surface area (Å²) >= 11 is 0. The molecule has 0 bridgehead atoms. The van der Waals surface area contributed by atoms with E-state index in [2.05, 4.69) is 60.9 Å². The minimum atomic E-state index is -0.824. The van der Waals surface area contributed by atoms with Crippen LogP contribution in [0, 0.1) is 11.3 Å². The largest absolute Gasteiger partial charge is 0.385 e. The van der Waals surface area contributed by atoms with Gasteiger partial charge in [0.05, 0.1) is 23.3 Å². The van der Waals surface area contributed by atoms with E-state index in [9.17, 15) is 5.11 Å². The highest BCUT2D eigenvalue weighted by atomic mass is 16.3. The SMILES string of the molecule is CC[C@@](O)(c1ccccc1)[C@H]1CCCC2=Cc3c(-c4ccccc4)ncn3C[C@@]21C. The number of hydrogen-bond acceptors (Lipinski definition) is 2. The zero-order chi connectivity index (χ0) is 20.8. The molecule has 1 aliphatic carbocycles. The maximum absolute atomic E-state index is 12.0. The third kappa shape index (κ3) is 2.87. The molecule has 0 spiro atoms. The molecular weight excluding hydrogens is 368 g/mol. The van der Waals surface area contributed by atoms with E-state index < -0.39 is 5.60 Å². The van der Waals surface area contributed by atoms with Crippen LogP contribution in [-0.2, 0) is 12.1 Å². The van der Waals surface area contributed by atoms with Gasteiger partial charge in [-0.15, -0.1) is 0 Å². The highest BCUT2D eigenvalue weighted by molar-refractivity contribution is 5.72. The van der Waals surface area contributed by atoms with Gasteiger partial charge in [-0.25, -0.2) is 4.98 Å². The summed E-state index contributed by atoms with van der Waals surface area (Å²) in [4.78, 5) is 4.78. The van der Waals surface area contributed by atoms with Crippen LogP contribution in [0.5, 0.6) is 0 Å². The number of rotatable bonds is 4. The van der Waals surface area contributed by atoms with Gasteiger partial charge in [0.25, 0.3) is 0 Å². The number of aliphatic hydroxyl groups is 1. The summed E-state index contributed by atoms with van der Waals surface area (Å²) in [5.74, 6) is 0.174. The first kappa shape index (κ1) is 19.3. The fourth-order valence-electron chi connectivity index (χ4n) is 5.92. The first-order valence-corrected chi connectivity index (χ1v) is 11.2. The Hall–Kier alpha value is -2.65. The summed E-state index contributed by atoms with van der Waals surface area (Å²) in [5.41, 5.74) is 5.02. The second-order valence-corrected chi connectivity index (χ2v) is 9.15. The quantitative estimate of drug-likeness (QED) is 0.581. The van der Waals surface area contributed by atoms with Crippen LogP contribution < -0.4 is 0 Å². The van der Waals surface area contributed by atoms with Crippen LogP contribution >= 0.6 is 0 Å². The average molecular weight is 399 g/mol. The van der Waals surface area contributed by atoms with Gasteiger partial charge in [0.2, 0.25) is 0 Å². The number of aromatic nitrogens is 2. The molecular formula is C27H30N2O. The van der Waals surface area contributed by atoms with E-state index in [1.165, 1.54) is 11.3 Å². The zero-order valence-corrected chi connectivity index (χ0v) is 17.9. The van der Waals surface area contributed by atoms with Gasteiger partial charge in [-0.1, -0.05) is 80.1 Å². The van der Waals surface area contributed by atoms with E-state index in [0.717, 1.165) is 49.0 Å². The predicted octanol–water partition coefficient (Wildman–Crippen LogP) is 6.05. The van der Waals surface area contributed by atoms with E-state index in [0.29, 0.717) is 0 Å². The Labute approximate surface area is 179 Å². The topological polar surface area (TPSA) is 38.1 Å². The number of imidazole rings is 1. The lowest BCUT2D eigenvalue weighted by molar-refractivity contribution is -0.0878. The van der Waals surface area contributed by atoms with Gasteiger partial charge in [-0.2, -0.15) is 0 Å². The summed E-state index contributed by atoms with van der Waals surface area (Å²) in [6.45, 7) is 5.35. The smallest absolute Gasteiger partial charge is 0.0958 e. The van der Waals surface area contributed by atoms with Crippen molar-refractivity contribution < 1.29 is 5.11 Å². The first-order valence-electron chi connectivity index (χ1n) is 11.2. The van der Waals surface area contributed by atoms with Crippen molar-refractivity contribution in [3.05, 3.63) is 83.8 Å². The van der Waals surface area contributed by atoms with Crippen molar-refractivity contribution in [2.75, 3.05) is 0 Å². The Morgan fingerprint density at radius 1 is 1.10 bits per heavy atom. The Balaban J connectivity index is 1.58. The Morgan fingerprint density at radius 2 is 1.80 bits per heavy atom. The van der Waals surface area contributed by atoms with Crippen molar-refractivity contribution in [1.82, 2.24) is 9.55 Å². The number of fused-ring (bicyclic) bond motifs is 2. The van der Waals surface area contributed by atoms with Crippen molar-refractivity contribution in [3.63, 3.8) is 0 Å². The highest BCUT2D eigenvalue weighted by Crippen LogP contribution is 2.56. The number of benzene rings is 2.